The number of piperidine rings is 1. The second-order valence-corrected chi connectivity index (χ2v) is 16.9. The molecule has 1 unspecified atom stereocenters. The fourth-order valence-electron chi connectivity index (χ4n) is 9.40. The Hall–Kier alpha value is -7.77. The van der Waals surface area contributed by atoms with E-state index in [1.807, 2.05) is 4.57 Å². The number of aromatic nitrogens is 7. The van der Waals surface area contributed by atoms with Crippen molar-refractivity contribution in [2.24, 2.45) is 0 Å². The Labute approximate surface area is 390 Å². The topological polar surface area (TPSA) is 269 Å². The van der Waals surface area contributed by atoms with Crippen LogP contribution in [0.25, 0.3) is 5.69 Å². The number of anilines is 4. The quantitative estimate of drug-likeness (QED) is 0.0624. The van der Waals surface area contributed by atoms with Crippen molar-refractivity contribution in [3.63, 3.8) is 0 Å². The zero-order valence-corrected chi connectivity index (χ0v) is 37.7. The first-order chi connectivity index (χ1) is 33.1. The van der Waals surface area contributed by atoms with Crippen LogP contribution in [-0.4, -0.2) is 114 Å². The first kappa shape index (κ1) is 45.4. The zero-order valence-electron chi connectivity index (χ0n) is 37.7. The highest BCUT2D eigenvalue weighted by molar-refractivity contribution is 6.07. The number of imide groups is 1. The summed E-state index contributed by atoms with van der Waals surface area (Å²) in [6, 6.07) is 11.8. The van der Waals surface area contributed by atoms with Crippen molar-refractivity contribution < 1.29 is 33.4 Å². The Morgan fingerprint density at radius 1 is 1.04 bits per heavy atom. The van der Waals surface area contributed by atoms with Crippen LogP contribution in [-0.2, 0) is 38.8 Å². The molecule has 0 bridgehead atoms. The summed E-state index contributed by atoms with van der Waals surface area (Å²) < 4.78 is 14.8. The molecular weight excluding hydrogens is 875 g/mol. The van der Waals surface area contributed by atoms with Crippen molar-refractivity contribution in [2.45, 2.75) is 89.6 Å². The van der Waals surface area contributed by atoms with E-state index < -0.39 is 11.9 Å². The van der Waals surface area contributed by atoms with Gasteiger partial charge in [0.15, 0.2) is 11.5 Å². The van der Waals surface area contributed by atoms with E-state index in [-0.39, 0.29) is 74.9 Å². The summed E-state index contributed by atoms with van der Waals surface area (Å²) in [5.74, 6) is -0.316. The minimum atomic E-state index is -0.749. The maximum atomic E-state index is 13.3. The molecule has 2 aromatic carbocycles. The van der Waals surface area contributed by atoms with Gasteiger partial charge in [0, 0.05) is 54.5 Å². The van der Waals surface area contributed by atoms with Gasteiger partial charge in [0.05, 0.1) is 56.6 Å². The van der Waals surface area contributed by atoms with Gasteiger partial charge < -0.3 is 40.5 Å². The molecule has 0 spiro atoms. The summed E-state index contributed by atoms with van der Waals surface area (Å²) in [6.45, 7) is 3.98. The van der Waals surface area contributed by atoms with E-state index in [9.17, 15) is 29.2 Å². The Kier molecular flexibility index (Phi) is 13.3. The van der Waals surface area contributed by atoms with Crippen LogP contribution < -0.4 is 36.2 Å². The van der Waals surface area contributed by atoms with E-state index in [1.165, 1.54) is 12.0 Å². The normalized spacial score (nSPS) is 17.6. The molecule has 22 heteroatoms. The van der Waals surface area contributed by atoms with Gasteiger partial charge in [-0.25, -0.2) is 9.97 Å². The molecule has 5 aromatic rings. The molecule has 6 heterocycles. The van der Waals surface area contributed by atoms with Crippen molar-refractivity contribution in [3.05, 3.63) is 88.9 Å². The van der Waals surface area contributed by atoms with Gasteiger partial charge in [0.2, 0.25) is 23.7 Å². The van der Waals surface area contributed by atoms with E-state index in [1.54, 1.807) is 59.8 Å². The summed E-state index contributed by atoms with van der Waals surface area (Å²) in [4.78, 5) is 80.9. The lowest BCUT2D eigenvalue weighted by molar-refractivity contribution is -0.137. The number of carbonyl (C=O) groups is 5. The van der Waals surface area contributed by atoms with Gasteiger partial charge in [-0.1, -0.05) is 31.0 Å². The number of benzene rings is 2. The molecule has 9 rings (SSSR count). The molecule has 0 radical (unpaired) electrons. The number of methoxy groups -OCH3 is 1. The molecule has 22 nitrogen and oxygen atoms in total. The lowest BCUT2D eigenvalue weighted by Gasteiger charge is -2.41. The van der Waals surface area contributed by atoms with Crippen LogP contribution in [0.15, 0.2) is 55.1 Å². The number of hydrogen-bond donors (Lipinski definition) is 5. The number of amides is 5. The number of nitrogens with one attached hydrogen (secondary N) is 5. The highest BCUT2D eigenvalue weighted by atomic mass is 16.5. The molecule has 68 heavy (non-hydrogen) atoms. The van der Waals surface area contributed by atoms with Crippen LogP contribution in [0.5, 0.6) is 5.75 Å². The number of imidazole rings is 1. The van der Waals surface area contributed by atoms with Crippen molar-refractivity contribution in [1.29, 1.82) is 5.26 Å². The van der Waals surface area contributed by atoms with Gasteiger partial charge in [0.1, 0.15) is 42.2 Å². The summed E-state index contributed by atoms with van der Waals surface area (Å²) in [7, 11) is 1.53. The third kappa shape index (κ3) is 9.30. The van der Waals surface area contributed by atoms with E-state index in [0.717, 1.165) is 49.3 Å². The second kappa shape index (κ2) is 20.0. The summed E-state index contributed by atoms with van der Waals surface area (Å²) >= 11 is 0. The number of nitriles is 1. The molecule has 2 atom stereocenters. The smallest absolute Gasteiger partial charge is 0.255 e. The molecule has 3 aliphatic heterocycles. The molecule has 1 saturated heterocycles. The predicted octanol–water partition coefficient (Wildman–Crippen LogP) is 3.03. The number of ether oxygens (including phenoxy) is 2. The highest BCUT2D eigenvalue weighted by Crippen LogP contribution is 2.45. The van der Waals surface area contributed by atoms with Gasteiger partial charge >= 0.3 is 0 Å². The second-order valence-electron chi connectivity index (χ2n) is 16.9. The monoisotopic (exact) mass is 925 g/mol. The number of fused-ring (bicyclic) bond motifs is 4. The number of hydrogen-bond acceptors (Lipinski definition) is 16. The third-order valence-electron chi connectivity index (χ3n) is 12.7. The molecule has 2 fully saturated rings. The Morgan fingerprint density at radius 3 is 2.69 bits per heavy atom. The lowest BCUT2D eigenvalue weighted by atomic mass is 10.0. The van der Waals surface area contributed by atoms with Crippen molar-refractivity contribution in [1.82, 2.24) is 55.4 Å². The molecular formula is C46H51N15O7. The standard InChI is InChI=1S/C46H51N15O7/c1-3-35-41-34(20-47)51-26-60(41)37-22-50-46(55-42(37)61(35)29-7-4-5-8-29)53-33-12-11-27(19-38(33)67-2)43(64)49-21-28-23-58(57-56-28)17-15-48-16-18-68-25-40(63)52-32-10-6-9-30-31(32)24-59(45(30)66)36-13-14-39(62)54-44(36)65/h6,9-12,19,22-23,26,29,35-36,48H,3-5,7-8,13-18,21,24-25H2,1-2H3,(H,49,64)(H,52,63)(H,50,53,55)(H,54,62,65)/t35-,36?/m1/s1. The summed E-state index contributed by atoms with van der Waals surface area (Å²) in [5, 5.41) is 32.7. The zero-order chi connectivity index (χ0) is 47.3. The number of carbonyl (C=O) groups excluding carboxylic acids is 5. The number of rotatable bonds is 18. The van der Waals surface area contributed by atoms with Crippen LogP contribution in [0.2, 0.25) is 0 Å². The fourth-order valence-corrected chi connectivity index (χ4v) is 9.40. The largest absolute Gasteiger partial charge is 0.495 e. The Bertz CT molecular complexity index is 2790. The predicted molar refractivity (Wildman–Crippen MR) is 244 cm³/mol. The fraction of sp³-hybridized carbons (Fsp3) is 0.413. The van der Waals surface area contributed by atoms with Gasteiger partial charge in [-0.05, 0) is 56.0 Å². The molecule has 1 saturated carbocycles. The summed E-state index contributed by atoms with van der Waals surface area (Å²) in [6.07, 6.45) is 10.7. The van der Waals surface area contributed by atoms with Gasteiger partial charge in [-0.15, -0.1) is 5.10 Å². The molecule has 5 N–H and O–H groups in total. The van der Waals surface area contributed by atoms with Crippen LogP contribution in [0.4, 0.5) is 23.1 Å². The maximum absolute atomic E-state index is 13.3. The van der Waals surface area contributed by atoms with Crippen LogP contribution >= 0.6 is 0 Å². The van der Waals surface area contributed by atoms with Gasteiger partial charge in [-0.2, -0.15) is 10.2 Å². The first-order valence-electron chi connectivity index (χ1n) is 22.7. The van der Waals surface area contributed by atoms with Crippen LogP contribution in [0, 0.1) is 11.3 Å². The van der Waals surface area contributed by atoms with Gasteiger partial charge in [0.25, 0.3) is 11.8 Å². The molecule has 5 amide bonds. The van der Waals surface area contributed by atoms with Crippen molar-refractivity contribution >= 4 is 52.7 Å². The minimum absolute atomic E-state index is 0.0575. The van der Waals surface area contributed by atoms with Crippen LogP contribution in [0.1, 0.15) is 101 Å². The average Bonchev–Trinajstić information content (AvgIpc) is 4.18. The average molecular weight is 926 g/mol. The molecule has 1 aliphatic carbocycles. The molecule has 4 aliphatic rings. The first-order valence-corrected chi connectivity index (χ1v) is 22.7. The van der Waals surface area contributed by atoms with E-state index in [0.29, 0.717) is 70.8 Å². The van der Waals surface area contributed by atoms with E-state index in [2.05, 4.69) is 64.8 Å². The Morgan fingerprint density at radius 2 is 1.90 bits per heavy atom. The highest BCUT2D eigenvalue weighted by Gasteiger charge is 2.41. The van der Waals surface area contributed by atoms with E-state index in [4.69, 9.17) is 14.5 Å². The van der Waals surface area contributed by atoms with Crippen molar-refractivity contribution in [3.8, 4) is 17.5 Å². The SMILES string of the molecule is CC[C@@H]1c2c(C#N)ncn2-c2cnc(Nc3ccc(C(=O)NCc4cn(CCNCCOCC(=O)Nc5cccc6c5CN(C5CCC(=O)NC5=O)C6=O)nn4)cc3OC)nc2N1C1CCCC1. The molecule has 3 aromatic heterocycles. The third-order valence-corrected chi connectivity index (χ3v) is 12.7. The minimum Gasteiger partial charge on any atom is -0.495 e. The Balaban J connectivity index is 0.713. The maximum Gasteiger partial charge on any atom is 0.255 e. The van der Waals surface area contributed by atoms with Crippen molar-refractivity contribution in [2.75, 3.05) is 48.9 Å². The van der Waals surface area contributed by atoms with E-state index >= 15 is 0 Å². The van der Waals surface area contributed by atoms with Crippen LogP contribution in [0.3, 0.4) is 0 Å². The molecule has 352 valence electrons. The van der Waals surface area contributed by atoms with Gasteiger partial charge in [-0.3, -0.25) is 38.5 Å². The lowest BCUT2D eigenvalue weighted by Crippen LogP contribution is -2.52. The summed E-state index contributed by atoms with van der Waals surface area (Å²) in [5.41, 5.74) is 5.07. The number of nitrogens with zero attached hydrogens (tertiary/aromatic N) is 10.